The van der Waals surface area contributed by atoms with Crippen LogP contribution in [0.4, 0.5) is 0 Å². The first kappa shape index (κ1) is 18.5. The Balaban J connectivity index is 1.93. The molecule has 0 saturated heterocycles. The molecule has 5 nitrogen and oxygen atoms in total. The Morgan fingerprint density at radius 3 is 2.59 bits per heavy atom. The van der Waals surface area contributed by atoms with Gasteiger partial charge in [0.05, 0.1) is 11.1 Å². The second-order valence-electron chi connectivity index (χ2n) is 5.86. The van der Waals surface area contributed by atoms with Gasteiger partial charge < -0.3 is 4.74 Å². The average molecular weight is 378 g/mol. The molecule has 0 fully saturated rings. The van der Waals surface area contributed by atoms with E-state index in [1.54, 1.807) is 18.2 Å². The van der Waals surface area contributed by atoms with E-state index in [0.29, 0.717) is 11.3 Å². The maximum Gasteiger partial charge on any atom is 0.276 e. The van der Waals surface area contributed by atoms with Crippen molar-refractivity contribution in [2.45, 2.75) is 11.8 Å². The topological polar surface area (TPSA) is 67.8 Å². The number of fused-ring (bicyclic) bond motifs is 1. The molecule has 3 aromatic rings. The molecular weight excluding hydrogens is 360 g/mol. The summed E-state index contributed by atoms with van der Waals surface area (Å²) in [6.45, 7) is 1.99. The van der Waals surface area contributed by atoms with Crippen LogP contribution in [0.5, 0.6) is 5.75 Å². The number of hydrazone groups is 1. The average Bonchev–Trinajstić information content (AvgIpc) is 2.67. The van der Waals surface area contributed by atoms with E-state index >= 15 is 0 Å². The molecule has 0 bridgehead atoms. The number of benzene rings is 3. The number of nitrogens with one attached hydrogen (secondary N) is 1. The van der Waals surface area contributed by atoms with Crippen LogP contribution in [0, 0.1) is 19.3 Å². The highest BCUT2D eigenvalue weighted by atomic mass is 32.2. The Bertz CT molecular complexity index is 1130. The van der Waals surface area contributed by atoms with Crippen molar-refractivity contribution in [2.24, 2.45) is 5.10 Å². The number of ether oxygens (including phenoxy) is 1. The van der Waals surface area contributed by atoms with Gasteiger partial charge in [-0.1, -0.05) is 53.9 Å². The van der Waals surface area contributed by atoms with Gasteiger partial charge in [-0.15, -0.1) is 6.42 Å². The molecule has 27 heavy (non-hydrogen) atoms. The monoisotopic (exact) mass is 378 g/mol. The number of nitrogens with zero attached hydrogens (tertiary/aromatic N) is 1. The summed E-state index contributed by atoms with van der Waals surface area (Å²) >= 11 is 0. The predicted molar refractivity (Wildman–Crippen MR) is 107 cm³/mol. The van der Waals surface area contributed by atoms with Crippen LogP contribution < -0.4 is 9.57 Å². The molecule has 0 aliphatic heterocycles. The van der Waals surface area contributed by atoms with Crippen LogP contribution in [0.25, 0.3) is 10.8 Å². The first-order valence-corrected chi connectivity index (χ1v) is 9.69. The maximum atomic E-state index is 12.4. The standard InChI is InChI=1S/C21H18N2O3S/c1-3-14-26-21-13-10-17-6-4-5-7-19(17)20(21)15-22-23-27(24,25)18-11-8-16(2)9-12-18/h1,4-13,15,23H,14H2,2H3/b22-15-. The van der Waals surface area contributed by atoms with Gasteiger partial charge in [0, 0.05) is 5.56 Å². The van der Waals surface area contributed by atoms with Crippen molar-refractivity contribution in [1.29, 1.82) is 0 Å². The highest BCUT2D eigenvalue weighted by molar-refractivity contribution is 7.89. The largest absolute Gasteiger partial charge is 0.480 e. The molecule has 3 aromatic carbocycles. The van der Waals surface area contributed by atoms with E-state index in [1.165, 1.54) is 18.3 Å². The van der Waals surface area contributed by atoms with E-state index in [4.69, 9.17) is 11.2 Å². The van der Waals surface area contributed by atoms with Gasteiger partial charge in [0.1, 0.15) is 12.4 Å². The summed E-state index contributed by atoms with van der Waals surface area (Å²) in [4.78, 5) is 2.38. The molecule has 0 atom stereocenters. The maximum absolute atomic E-state index is 12.4. The lowest BCUT2D eigenvalue weighted by Crippen LogP contribution is -2.18. The van der Waals surface area contributed by atoms with Crippen molar-refractivity contribution >= 4 is 27.0 Å². The van der Waals surface area contributed by atoms with Crippen molar-refractivity contribution in [3.05, 3.63) is 71.8 Å². The van der Waals surface area contributed by atoms with E-state index in [9.17, 15) is 8.42 Å². The zero-order chi connectivity index (χ0) is 19.3. The third kappa shape index (κ3) is 4.27. The molecule has 0 heterocycles. The third-order valence-electron chi connectivity index (χ3n) is 3.94. The quantitative estimate of drug-likeness (QED) is 0.406. The molecule has 0 saturated carbocycles. The summed E-state index contributed by atoms with van der Waals surface area (Å²) in [5, 5.41) is 5.80. The second-order valence-corrected chi connectivity index (χ2v) is 7.52. The lowest BCUT2D eigenvalue weighted by molar-refractivity contribution is 0.370. The van der Waals surface area contributed by atoms with Crippen LogP contribution >= 0.6 is 0 Å². The van der Waals surface area contributed by atoms with E-state index in [-0.39, 0.29) is 11.5 Å². The summed E-state index contributed by atoms with van der Waals surface area (Å²) in [6, 6.07) is 17.9. The number of terminal acetylenes is 1. The first-order chi connectivity index (χ1) is 13.0. The summed E-state index contributed by atoms with van der Waals surface area (Å²) in [7, 11) is -3.75. The van der Waals surface area contributed by atoms with E-state index in [1.807, 2.05) is 37.3 Å². The van der Waals surface area contributed by atoms with Gasteiger partial charge in [-0.2, -0.15) is 13.5 Å². The van der Waals surface area contributed by atoms with Crippen molar-refractivity contribution < 1.29 is 13.2 Å². The van der Waals surface area contributed by atoms with Crippen LogP contribution in [0.15, 0.2) is 70.7 Å². The Labute approximate surface area is 158 Å². The molecule has 0 spiro atoms. The Kier molecular flexibility index (Phi) is 5.43. The van der Waals surface area contributed by atoms with Gasteiger partial charge in [-0.05, 0) is 35.9 Å². The summed E-state index contributed by atoms with van der Waals surface area (Å²) in [5.74, 6) is 2.95. The lowest BCUT2D eigenvalue weighted by atomic mass is 10.0. The van der Waals surface area contributed by atoms with Crippen LogP contribution in [-0.4, -0.2) is 21.2 Å². The van der Waals surface area contributed by atoms with Gasteiger partial charge >= 0.3 is 0 Å². The Morgan fingerprint density at radius 1 is 1.11 bits per heavy atom. The van der Waals surface area contributed by atoms with E-state index in [0.717, 1.165) is 16.3 Å². The summed E-state index contributed by atoms with van der Waals surface area (Å²) < 4.78 is 30.3. The number of hydrogen-bond donors (Lipinski definition) is 1. The fourth-order valence-electron chi connectivity index (χ4n) is 2.58. The highest BCUT2D eigenvalue weighted by Gasteiger charge is 2.12. The first-order valence-electron chi connectivity index (χ1n) is 8.21. The molecular formula is C21H18N2O3S. The Morgan fingerprint density at radius 2 is 1.85 bits per heavy atom. The zero-order valence-electron chi connectivity index (χ0n) is 14.7. The molecule has 0 aliphatic rings. The van der Waals surface area contributed by atoms with Gasteiger partial charge in [0.2, 0.25) is 0 Å². The molecule has 1 N–H and O–H groups in total. The van der Waals surface area contributed by atoms with Crippen LogP contribution in [0.3, 0.4) is 0 Å². The molecule has 0 unspecified atom stereocenters. The van der Waals surface area contributed by atoms with Crippen molar-refractivity contribution in [3.63, 3.8) is 0 Å². The minimum absolute atomic E-state index is 0.105. The molecule has 0 aromatic heterocycles. The van der Waals surface area contributed by atoms with E-state index < -0.39 is 10.0 Å². The third-order valence-corrected chi connectivity index (χ3v) is 5.18. The summed E-state index contributed by atoms with van der Waals surface area (Å²) in [5.41, 5.74) is 1.62. The van der Waals surface area contributed by atoms with Crippen LogP contribution in [0.2, 0.25) is 0 Å². The number of hydrogen-bond acceptors (Lipinski definition) is 4. The smallest absolute Gasteiger partial charge is 0.276 e. The highest BCUT2D eigenvalue weighted by Crippen LogP contribution is 2.26. The molecule has 3 rings (SSSR count). The van der Waals surface area contributed by atoms with Crippen LogP contribution in [0.1, 0.15) is 11.1 Å². The van der Waals surface area contributed by atoms with Crippen LogP contribution in [-0.2, 0) is 10.0 Å². The Hall–Kier alpha value is -3.30. The van der Waals surface area contributed by atoms with Crippen molar-refractivity contribution in [1.82, 2.24) is 4.83 Å². The number of rotatable bonds is 6. The minimum atomic E-state index is -3.75. The predicted octanol–water partition coefficient (Wildman–Crippen LogP) is 3.47. The SMILES string of the molecule is C#CCOc1ccc2ccccc2c1/C=N\NS(=O)(=O)c1ccc(C)cc1. The lowest BCUT2D eigenvalue weighted by Gasteiger charge is -2.10. The van der Waals surface area contributed by atoms with Crippen molar-refractivity contribution in [3.8, 4) is 18.1 Å². The molecule has 136 valence electrons. The van der Waals surface area contributed by atoms with E-state index in [2.05, 4.69) is 15.9 Å². The van der Waals surface area contributed by atoms with Crippen molar-refractivity contribution in [2.75, 3.05) is 6.61 Å². The normalized spacial score (nSPS) is 11.4. The number of sulfonamides is 1. The molecule has 0 aliphatic carbocycles. The molecule has 6 heteroatoms. The molecule has 0 radical (unpaired) electrons. The van der Waals surface area contributed by atoms with Gasteiger partial charge in [-0.3, -0.25) is 0 Å². The van der Waals surface area contributed by atoms with Gasteiger partial charge in [0.15, 0.2) is 0 Å². The fourth-order valence-corrected chi connectivity index (χ4v) is 3.38. The minimum Gasteiger partial charge on any atom is -0.480 e. The second kappa shape index (κ2) is 7.94. The fraction of sp³-hybridized carbons (Fsp3) is 0.0952. The van der Waals surface area contributed by atoms with Gasteiger partial charge in [-0.25, -0.2) is 4.83 Å². The molecule has 0 amide bonds. The summed E-state index contributed by atoms with van der Waals surface area (Å²) in [6.07, 6.45) is 6.70. The zero-order valence-corrected chi connectivity index (χ0v) is 15.5. The van der Waals surface area contributed by atoms with Gasteiger partial charge in [0.25, 0.3) is 10.0 Å². The number of aryl methyl sites for hydroxylation is 1.